The van der Waals surface area contributed by atoms with Gasteiger partial charge >= 0.3 is 5.97 Å². The number of carbonyl (C=O) groups is 1. The molecule has 0 saturated carbocycles. The summed E-state index contributed by atoms with van der Waals surface area (Å²) in [5, 5.41) is 9.30. The van der Waals surface area contributed by atoms with Crippen LogP contribution in [0.4, 0.5) is 4.39 Å². The Labute approximate surface area is 91.5 Å². The fourth-order valence-electron chi connectivity index (χ4n) is 1.66. The second kappa shape index (κ2) is 4.26. The van der Waals surface area contributed by atoms with Crippen LogP contribution in [0.5, 0.6) is 0 Å². The van der Waals surface area contributed by atoms with Crippen molar-refractivity contribution in [2.24, 2.45) is 0 Å². The summed E-state index contributed by atoms with van der Waals surface area (Å²) in [5.74, 6) is -1.26. The maximum Gasteiger partial charge on any atom is 0.303 e. The number of fused-ring (bicyclic) bond motifs is 1. The Morgan fingerprint density at radius 3 is 3.00 bits per heavy atom. The summed E-state index contributed by atoms with van der Waals surface area (Å²) in [6, 6.07) is 6.23. The second-order valence-electron chi connectivity index (χ2n) is 3.53. The predicted molar refractivity (Wildman–Crippen MR) is 57.7 cm³/mol. The van der Waals surface area contributed by atoms with Crippen LogP contribution in [0.15, 0.2) is 30.5 Å². The quantitative estimate of drug-likeness (QED) is 0.862. The van der Waals surface area contributed by atoms with Crippen LogP contribution < -0.4 is 0 Å². The molecule has 1 N–H and O–H groups in total. The third kappa shape index (κ3) is 2.16. The minimum absolute atomic E-state index is 0.0187. The molecule has 0 fully saturated rings. The van der Waals surface area contributed by atoms with Crippen molar-refractivity contribution in [3.05, 3.63) is 41.8 Å². The van der Waals surface area contributed by atoms with E-state index in [-0.39, 0.29) is 12.2 Å². The van der Waals surface area contributed by atoms with E-state index in [9.17, 15) is 9.18 Å². The first kappa shape index (κ1) is 10.5. The third-order valence-corrected chi connectivity index (χ3v) is 2.36. The smallest absolute Gasteiger partial charge is 0.303 e. The number of rotatable bonds is 3. The van der Waals surface area contributed by atoms with E-state index in [4.69, 9.17) is 5.11 Å². The molecule has 0 aliphatic carbocycles. The average molecular weight is 219 g/mol. The number of hydrogen-bond acceptors (Lipinski definition) is 2. The Kier molecular flexibility index (Phi) is 2.81. The molecule has 3 nitrogen and oxygen atoms in total. The number of benzene rings is 1. The Bertz CT molecular complexity index is 540. The van der Waals surface area contributed by atoms with E-state index in [0.29, 0.717) is 22.9 Å². The van der Waals surface area contributed by atoms with Gasteiger partial charge in [-0.3, -0.25) is 9.78 Å². The topological polar surface area (TPSA) is 50.2 Å². The van der Waals surface area contributed by atoms with E-state index in [0.717, 1.165) is 0 Å². The van der Waals surface area contributed by atoms with Crippen LogP contribution in [-0.2, 0) is 11.2 Å². The van der Waals surface area contributed by atoms with Crippen LogP contribution in [0.3, 0.4) is 0 Å². The highest BCUT2D eigenvalue weighted by atomic mass is 19.1. The molecular formula is C12H10FNO2. The highest BCUT2D eigenvalue weighted by Crippen LogP contribution is 2.19. The van der Waals surface area contributed by atoms with E-state index < -0.39 is 5.97 Å². The Morgan fingerprint density at radius 1 is 1.44 bits per heavy atom. The normalized spacial score (nSPS) is 10.6. The molecular weight excluding hydrogens is 209 g/mol. The molecule has 1 aromatic heterocycles. The van der Waals surface area contributed by atoms with Gasteiger partial charge in [0, 0.05) is 18.0 Å². The monoisotopic (exact) mass is 219 g/mol. The van der Waals surface area contributed by atoms with E-state index >= 15 is 0 Å². The summed E-state index contributed by atoms with van der Waals surface area (Å²) in [4.78, 5) is 14.6. The lowest BCUT2D eigenvalue weighted by atomic mass is 10.1. The molecule has 0 spiro atoms. The lowest BCUT2D eigenvalue weighted by Crippen LogP contribution is -1.99. The van der Waals surface area contributed by atoms with Gasteiger partial charge in [0.25, 0.3) is 0 Å². The zero-order valence-corrected chi connectivity index (χ0v) is 8.48. The van der Waals surface area contributed by atoms with Crippen molar-refractivity contribution < 1.29 is 14.3 Å². The molecule has 1 aromatic carbocycles. The number of pyridine rings is 1. The number of aliphatic carboxylic acids is 1. The molecule has 1 heterocycles. The molecule has 0 amide bonds. The maximum absolute atomic E-state index is 13.2. The SMILES string of the molecule is O=C(O)CCc1cc(F)cc2cccnc12. The van der Waals surface area contributed by atoms with Crippen molar-refractivity contribution in [1.82, 2.24) is 4.98 Å². The molecule has 0 unspecified atom stereocenters. The zero-order valence-electron chi connectivity index (χ0n) is 8.48. The molecule has 0 atom stereocenters. The van der Waals surface area contributed by atoms with Crippen LogP contribution in [0.25, 0.3) is 10.9 Å². The van der Waals surface area contributed by atoms with Crippen molar-refractivity contribution >= 4 is 16.9 Å². The van der Waals surface area contributed by atoms with Gasteiger partial charge in [-0.2, -0.15) is 0 Å². The van der Waals surface area contributed by atoms with Gasteiger partial charge in [0.2, 0.25) is 0 Å². The highest BCUT2D eigenvalue weighted by Gasteiger charge is 2.07. The Balaban J connectivity index is 2.46. The minimum Gasteiger partial charge on any atom is -0.481 e. The van der Waals surface area contributed by atoms with Gasteiger partial charge in [-0.1, -0.05) is 6.07 Å². The first-order valence-electron chi connectivity index (χ1n) is 4.92. The Hall–Kier alpha value is -1.97. The molecule has 0 saturated heterocycles. The lowest BCUT2D eigenvalue weighted by molar-refractivity contribution is -0.136. The van der Waals surface area contributed by atoms with Gasteiger partial charge in [0.1, 0.15) is 5.82 Å². The summed E-state index contributed by atoms with van der Waals surface area (Å²) in [6.45, 7) is 0. The molecule has 4 heteroatoms. The van der Waals surface area contributed by atoms with Gasteiger partial charge in [-0.25, -0.2) is 4.39 Å². The van der Waals surface area contributed by atoms with E-state index in [1.165, 1.54) is 12.1 Å². The fourth-order valence-corrected chi connectivity index (χ4v) is 1.66. The van der Waals surface area contributed by atoms with Crippen LogP contribution in [0.2, 0.25) is 0 Å². The first-order valence-corrected chi connectivity index (χ1v) is 4.92. The van der Waals surface area contributed by atoms with Gasteiger partial charge in [0.15, 0.2) is 0 Å². The van der Waals surface area contributed by atoms with Gasteiger partial charge < -0.3 is 5.11 Å². The van der Waals surface area contributed by atoms with Gasteiger partial charge in [-0.15, -0.1) is 0 Å². The number of hydrogen-bond donors (Lipinski definition) is 1. The summed E-state index contributed by atoms with van der Waals surface area (Å²) < 4.78 is 13.2. The minimum atomic E-state index is -0.895. The van der Waals surface area contributed by atoms with Crippen molar-refractivity contribution in [2.75, 3.05) is 0 Å². The lowest BCUT2D eigenvalue weighted by Gasteiger charge is -2.04. The number of carboxylic acid groups (broad SMARTS) is 1. The fraction of sp³-hybridized carbons (Fsp3) is 0.167. The predicted octanol–water partition coefficient (Wildman–Crippen LogP) is 2.39. The summed E-state index contributed by atoms with van der Waals surface area (Å²) in [7, 11) is 0. The molecule has 2 aromatic rings. The van der Waals surface area contributed by atoms with Crippen molar-refractivity contribution in [1.29, 1.82) is 0 Å². The molecule has 0 bridgehead atoms. The van der Waals surface area contributed by atoms with Crippen LogP contribution in [0, 0.1) is 5.82 Å². The molecule has 0 aliphatic rings. The van der Waals surface area contributed by atoms with Gasteiger partial charge in [0.05, 0.1) is 5.52 Å². The molecule has 2 rings (SSSR count). The second-order valence-corrected chi connectivity index (χ2v) is 3.53. The number of nitrogens with zero attached hydrogens (tertiary/aromatic N) is 1. The zero-order chi connectivity index (χ0) is 11.5. The average Bonchev–Trinajstić information content (AvgIpc) is 2.25. The number of aromatic nitrogens is 1. The maximum atomic E-state index is 13.2. The molecule has 16 heavy (non-hydrogen) atoms. The molecule has 0 radical (unpaired) electrons. The van der Waals surface area contributed by atoms with Gasteiger partial charge in [-0.05, 0) is 30.2 Å². The number of aryl methyl sites for hydroxylation is 1. The third-order valence-electron chi connectivity index (χ3n) is 2.36. The van der Waals surface area contributed by atoms with Crippen LogP contribution >= 0.6 is 0 Å². The van der Waals surface area contributed by atoms with E-state index in [1.807, 2.05) is 0 Å². The summed E-state index contributed by atoms with van der Waals surface area (Å²) in [6.07, 6.45) is 1.89. The largest absolute Gasteiger partial charge is 0.481 e. The number of carboxylic acids is 1. The first-order chi connectivity index (χ1) is 7.66. The van der Waals surface area contributed by atoms with Crippen LogP contribution in [0.1, 0.15) is 12.0 Å². The molecule has 0 aliphatic heterocycles. The van der Waals surface area contributed by atoms with Crippen molar-refractivity contribution in [3.8, 4) is 0 Å². The number of halogens is 1. The standard InChI is InChI=1S/C12H10FNO2/c13-10-6-8-2-1-5-14-12(8)9(7-10)3-4-11(15)16/h1-2,5-7H,3-4H2,(H,15,16). The van der Waals surface area contributed by atoms with E-state index in [2.05, 4.69) is 4.98 Å². The van der Waals surface area contributed by atoms with Crippen molar-refractivity contribution in [2.45, 2.75) is 12.8 Å². The molecule has 82 valence electrons. The Morgan fingerprint density at radius 2 is 2.25 bits per heavy atom. The summed E-state index contributed by atoms with van der Waals surface area (Å²) in [5.41, 5.74) is 1.31. The van der Waals surface area contributed by atoms with E-state index in [1.54, 1.807) is 18.3 Å². The summed E-state index contributed by atoms with van der Waals surface area (Å²) >= 11 is 0. The van der Waals surface area contributed by atoms with Crippen molar-refractivity contribution in [3.63, 3.8) is 0 Å². The van der Waals surface area contributed by atoms with Crippen LogP contribution in [-0.4, -0.2) is 16.1 Å². The highest BCUT2D eigenvalue weighted by molar-refractivity contribution is 5.82.